The second kappa shape index (κ2) is 6.85. The van der Waals surface area contributed by atoms with E-state index in [9.17, 15) is 17.6 Å². The Bertz CT molecular complexity index is 649. The standard InChI is InChI=1S/C13H18BrFN2O3S/c1-4-7(2)8(3)17-13(18)10-5-9(14)6-11(12(10)15)21(16,19)20/h5-8H,4H2,1-3H3,(H,17,18)(H2,16,19,20). The minimum absolute atomic E-state index is 0.168. The lowest BCUT2D eigenvalue weighted by molar-refractivity contribution is 0.0923. The van der Waals surface area contributed by atoms with Gasteiger partial charge in [0.15, 0.2) is 5.82 Å². The number of sulfonamides is 1. The number of carbonyl (C=O) groups is 1. The Morgan fingerprint density at radius 2 is 2.00 bits per heavy atom. The van der Waals surface area contributed by atoms with Crippen LogP contribution in [0.25, 0.3) is 0 Å². The minimum Gasteiger partial charge on any atom is -0.349 e. The van der Waals surface area contributed by atoms with E-state index in [-0.39, 0.29) is 22.0 Å². The summed E-state index contributed by atoms with van der Waals surface area (Å²) in [4.78, 5) is 11.4. The molecule has 3 N–H and O–H groups in total. The second-order valence-corrected chi connectivity index (χ2v) is 7.40. The predicted molar refractivity (Wildman–Crippen MR) is 81.9 cm³/mol. The topological polar surface area (TPSA) is 89.3 Å². The van der Waals surface area contributed by atoms with Gasteiger partial charge >= 0.3 is 0 Å². The molecule has 2 unspecified atom stereocenters. The molecule has 0 spiro atoms. The van der Waals surface area contributed by atoms with Gasteiger partial charge in [-0.1, -0.05) is 36.2 Å². The monoisotopic (exact) mass is 380 g/mol. The highest BCUT2D eigenvalue weighted by Crippen LogP contribution is 2.23. The lowest BCUT2D eigenvalue weighted by Crippen LogP contribution is -2.37. The van der Waals surface area contributed by atoms with Crippen LogP contribution in [0.15, 0.2) is 21.5 Å². The normalized spacial score (nSPS) is 14.6. The van der Waals surface area contributed by atoms with E-state index in [1.165, 1.54) is 6.07 Å². The molecule has 0 aliphatic rings. The molecule has 1 amide bonds. The number of hydrogen-bond donors (Lipinski definition) is 2. The Morgan fingerprint density at radius 3 is 2.48 bits per heavy atom. The quantitative estimate of drug-likeness (QED) is 0.821. The van der Waals surface area contributed by atoms with Crippen molar-refractivity contribution in [2.75, 3.05) is 0 Å². The largest absolute Gasteiger partial charge is 0.349 e. The van der Waals surface area contributed by atoms with Crippen molar-refractivity contribution in [1.29, 1.82) is 0 Å². The Morgan fingerprint density at radius 1 is 1.43 bits per heavy atom. The first kappa shape index (κ1) is 18.1. The van der Waals surface area contributed by atoms with Crippen LogP contribution in [-0.2, 0) is 10.0 Å². The van der Waals surface area contributed by atoms with Crippen LogP contribution < -0.4 is 10.5 Å². The molecule has 0 heterocycles. The van der Waals surface area contributed by atoms with Crippen molar-refractivity contribution in [3.63, 3.8) is 0 Å². The van der Waals surface area contributed by atoms with Gasteiger partial charge in [-0.25, -0.2) is 17.9 Å². The lowest BCUT2D eigenvalue weighted by atomic mass is 10.0. The molecule has 0 saturated heterocycles. The highest BCUT2D eigenvalue weighted by atomic mass is 79.9. The lowest BCUT2D eigenvalue weighted by Gasteiger charge is -2.20. The summed E-state index contributed by atoms with van der Waals surface area (Å²) in [6, 6.07) is 2.08. The maximum Gasteiger partial charge on any atom is 0.254 e. The van der Waals surface area contributed by atoms with Gasteiger partial charge in [-0.15, -0.1) is 0 Å². The van der Waals surface area contributed by atoms with E-state index in [4.69, 9.17) is 5.14 Å². The number of amides is 1. The van der Waals surface area contributed by atoms with E-state index in [0.717, 1.165) is 12.5 Å². The zero-order chi connectivity index (χ0) is 16.4. The van der Waals surface area contributed by atoms with Crippen LogP contribution in [0.5, 0.6) is 0 Å². The molecule has 21 heavy (non-hydrogen) atoms. The summed E-state index contributed by atoms with van der Waals surface area (Å²) >= 11 is 3.05. The highest BCUT2D eigenvalue weighted by molar-refractivity contribution is 9.10. The maximum absolute atomic E-state index is 14.2. The Hall–Kier alpha value is -0.990. The van der Waals surface area contributed by atoms with E-state index < -0.39 is 26.6 Å². The van der Waals surface area contributed by atoms with Gasteiger partial charge in [-0.3, -0.25) is 4.79 Å². The van der Waals surface area contributed by atoms with Crippen molar-refractivity contribution in [2.45, 2.75) is 38.1 Å². The Balaban J connectivity index is 3.20. The molecule has 1 rings (SSSR count). The van der Waals surface area contributed by atoms with Crippen molar-refractivity contribution >= 4 is 31.9 Å². The number of hydrogen-bond acceptors (Lipinski definition) is 3. The number of rotatable bonds is 5. The summed E-state index contributed by atoms with van der Waals surface area (Å²) in [6.07, 6.45) is 0.852. The van der Waals surface area contributed by atoms with Crippen molar-refractivity contribution in [2.24, 2.45) is 11.1 Å². The average molecular weight is 381 g/mol. The zero-order valence-corrected chi connectivity index (χ0v) is 14.4. The average Bonchev–Trinajstić information content (AvgIpc) is 2.38. The summed E-state index contributed by atoms with van der Waals surface area (Å²) in [5, 5.41) is 7.60. The van der Waals surface area contributed by atoms with E-state index in [1.54, 1.807) is 0 Å². The summed E-state index contributed by atoms with van der Waals surface area (Å²) in [5.41, 5.74) is -0.358. The van der Waals surface area contributed by atoms with Gasteiger partial charge in [-0.2, -0.15) is 0 Å². The van der Waals surface area contributed by atoms with Gasteiger partial charge < -0.3 is 5.32 Å². The molecule has 2 atom stereocenters. The number of benzene rings is 1. The van der Waals surface area contributed by atoms with E-state index in [0.29, 0.717) is 0 Å². The highest BCUT2D eigenvalue weighted by Gasteiger charge is 2.24. The molecule has 0 radical (unpaired) electrons. The van der Waals surface area contributed by atoms with Crippen LogP contribution in [0, 0.1) is 11.7 Å². The molecular weight excluding hydrogens is 363 g/mol. The minimum atomic E-state index is -4.25. The zero-order valence-electron chi connectivity index (χ0n) is 12.0. The van der Waals surface area contributed by atoms with Crippen LogP contribution >= 0.6 is 15.9 Å². The van der Waals surface area contributed by atoms with Crippen LogP contribution in [0.3, 0.4) is 0 Å². The molecule has 0 fully saturated rings. The molecule has 5 nitrogen and oxygen atoms in total. The summed E-state index contributed by atoms with van der Waals surface area (Å²) in [5.74, 6) is -1.61. The van der Waals surface area contributed by atoms with Crippen LogP contribution in [0.1, 0.15) is 37.6 Å². The molecular formula is C13H18BrFN2O3S. The molecule has 0 aliphatic heterocycles. The fraction of sp³-hybridized carbons (Fsp3) is 0.462. The van der Waals surface area contributed by atoms with Gasteiger partial charge in [-0.05, 0) is 25.0 Å². The number of carbonyl (C=O) groups excluding carboxylic acids is 1. The molecule has 118 valence electrons. The number of nitrogens with two attached hydrogens (primary N) is 1. The van der Waals surface area contributed by atoms with Gasteiger partial charge in [0.1, 0.15) is 4.90 Å². The van der Waals surface area contributed by atoms with Gasteiger partial charge in [0.25, 0.3) is 5.91 Å². The first-order chi connectivity index (χ1) is 9.57. The SMILES string of the molecule is CCC(C)C(C)NC(=O)c1cc(Br)cc(S(N)(=O)=O)c1F. The van der Waals surface area contributed by atoms with Crippen molar-refractivity contribution < 1.29 is 17.6 Å². The van der Waals surface area contributed by atoms with Crippen molar-refractivity contribution in [1.82, 2.24) is 5.32 Å². The fourth-order valence-corrected chi connectivity index (χ4v) is 2.98. The Kier molecular flexibility index (Phi) is 5.89. The van der Waals surface area contributed by atoms with E-state index >= 15 is 0 Å². The second-order valence-electron chi connectivity index (χ2n) is 4.96. The molecule has 0 saturated carbocycles. The van der Waals surface area contributed by atoms with E-state index in [1.807, 2.05) is 20.8 Å². The first-order valence-corrected chi connectivity index (χ1v) is 8.74. The van der Waals surface area contributed by atoms with Crippen molar-refractivity contribution in [3.8, 4) is 0 Å². The molecule has 0 aliphatic carbocycles. The fourth-order valence-electron chi connectivity index (χ4n) is 1.72. The summed E-state index contributed by atoms with van der Waals surface area (Å²) < 4.78 is 37.1. The number of primary sulfonamides is 1. The third-order valence-corrected chi connectivity index (χ3v) is 4.78. The van der Waals surface area contributed by atoms with Gasteiger partial charge in [0.2, 0.25) is 10.0 Å². The molecule has 1 aromatic carbocycles. The summed E-state index contributed by atoms with van der Waals surface area (Å²) in [6.45, 7) is 5.74. The van der Waals surface area contributed by atoms with Gasteiger partial charge in [0.05, 0.1) is 5.56 Å². The third-order valence-electron chi connectivity index (χ3n) is 3.41. The number of halogens is 2. The third kappa shape index (κ3) is 4.49. The van der Waals surface area contributed by atoms with Crippen LogP contribution in [0.2, 0.25) is 0 Å². The first-order valence-electron chi connectivity index (χ1n) is 6.40. The van der Waals surface area contributed by atoms with E-state index in [2.05, 4.69) is 21.2 Å². The van der Waals surface area contributed by atoms with Gasteiger partial charge in [0, 0.05) is 10.5 Å². The Labute approximate surface area is 132 Å². The molecule has 0 aromatic heterocycles. The molecule has 8 heteroatoms. The van der Waals surface area contributed by atoms with Crippen LogP contribution in [0.4, 0.5) is 4.39 Å². The predicted octanol–water partition coefficient (Wildman–Crippen LogP) is 2.40. The molecule has 1 aromatic rings. The summed E-state index contributed by atoms with van der Waals surface area (Å²) in [7, 11) is -4.25. The van der Waals surface area contributed by atoms with Crippen LogP contribution in [-0.4, -0.2) is 20.4 Å². The molecule has 0 bridgehead atoms. The maximum atomic E-state index is 14.2. The number of nitrogens with one attached hydrogen (secondary N) is 1. The smallest absolute Gasteiger partial charge is 0.254 e. The van der Waals surface area contributed by atoms with Crippen molar-refractivity contribution in [3.05, 3.63) is 28.0 Å².